The number of hydrogen-bond donors (Lipinski definition) is 0. The van der Waals surface area contributed by atoms with Gasteiger partial charge in [-0.05, 0) is 54.4 Å². The molecule has 2 aromatic carbocycles. The summed E-state index contributed by atoms with van der Waals surface area (Å²) in [4.78, 5) is 0. The summed E-state index contributed by atoms with van der Waals surface area (Å²) in [6.07, 6.45) is 0. The summed E-state index contributed by atoms with van der Waals surface area (Å²) < 4.78 is 20.6. The van der Waals surface area contributed by atoms with Crippen LogP contribution in [0.4, 0.5) is 4.39 Å². The fraction of sp³-hybridized carbons (Fsp3) is 0.222. The van der Waals surface area contributed by atoms with Crippen LogP contribution in [0.3, 0.4) is 0 Å². The molecule has 21 heavy (non-hydrogen) atoms. The lowest BCUT2D eigenvalue weighted by molar-refractivity contribution is 0.415. The minimum atomic E-state index is -0.219. The van der Waals surface area contributed by atoms with Gasteiger partial charge in [-0.15, -0.1) is 0 Å². The van der Waals surface area contributed by atoms with Crippen molar-refractivity contribution < 1.29 is 9.13 Å². The first kappa shape index (κ1) is 13.7. The highest BCUT2D eigenvalue weighted by atomic mass is 19.1. The first-order chi connectivity index (χ1) is 10.1. The standard InChI is InChI=1S/C18H18FNO/c1-12(2)18-11-13-10-16(21-3)8-9-17(13)20(18)15-6-4-14(19)5-7-15/h4-12H,1-3H3. The normalized spacial score (nSPS) is 11.3. The molecule has 3 heteroatoms. The van der Waals surface area contributed by atoms with Crippen molar-refractivity contribution in [2.45, 2.75) is 19.8 Å². The largest absolute Gasteiger partial charge is 0.497 e. The Morgan fingerprint density at radius 2 is 1.71 bits per heavy atom. The van der Waals surface area contributed by atoms with E-state index in [2.05, 4.69) is 24.5 Å². The average molecular weight is 283 g/mol. The van der Waals surface area contributed by atoms with E-state index in [-0.39, 0.29) is 5.82 Å². The molecule has 108 valence electrons. The van der Waals surface area contributed by atoms with Gasteiger partial charge >= 0.3 is 0 Å². The fourth-order valence-corrected chi connectivity index (χ4v) is 2.64. The van der Waals surface area contributed by atoms with Crippen LogP contribution in [0.25, 0.3) is 16.6 Å². The number of ether oxygens (including phenoxy) is 1. The van der Waals surface area contributed by atoms with E-state index < -0.39 is 0 Å². The predicted molar refractivity (Wildman–Crippen MR) is 83.9 cm³/mol. The van der Waals surface area contributed by atoms with Crippen molar-refractivity contribution in [3.05, 3.63) is 60.0 Å². The van der Waals surface area contributed by atoms with Crippen molar-refractivity contribution in [2.24, 2.45) is 0 Å². The molecule has 0 radical (unpaired) electrons. The Labute approximate surface area is 123 Å². The minimum Gasteiger partial charge on any atom is -0.497 e. The quantitative estimate of drug-likeness (QED) is 0.666. The Balaban J connectivity index is 2.28. The number of methoxy groups -OCH3 is 1. The lowest BCUT2D eigenvalue weighted by atomic mass is 10.1. The monoisotopic (exact) mass is 283 g/mol. The van der Waals surface area contributed by atoms with Gasteiger partial charge in [-0.2, -0.15) is 0 Å². The van der Waals surface area contributed by atoms with Crippen LogP contribution in [-0.4, -0.2) is 11.7 Å². The third kappa shape index (κ3) is 2.40. The predicted octanol–water partition coefficient (Wildman–Crippen LogP) is 4.90. The minimum absolute atomic E-state index is 0.219. The molecule has 1 heterocycles. The van der Waals surface area contributed by atoms with Crippen molar-refractivity contribution >= 4 is 10.9 Å². The second kappa shape index (κ2) is 5.24. The van der Waals surface area contributed by atoms with E-state index in [1.807, 2.05) is 30.3 Å². The molecule has 3 aromatic rings. The number of aromatic nitrogens is 1. The fourth-order valence-electron chi connectivity index (χ4n) is 2.64. The number of nitrogens with zero attached hydrogens (tertiary/aromatic N) is 1. The van der Waals surface area contributed by atoms with E-state index in [9.17, 15) is 4.39 Å². The van der Waals surface area contributed by atoms with Crippen LogP contribution in [0.5, 0.6) is 5.75 Å². The van der Waals surface area contributed by atoms with Crippen LogP contribution in [0.1, 0.15) is 25.5 Å². The van der Waals surface area contributed by atoms with E-state index in [1.54, 1.807) is 7.11 Å². The molecule has 0 aliphatic rings. The highest BCUT2D eigenvalue weighted by molar-refractivity contribution is 5.85. The molecule has 2 nitrogen and oxygen atoms in total. The van der Waals surface area contributed by atoms with Crippen LogP contribution in [0.2, 0.25) is 0 Å². The highest BCUT2D eigenvalue weighted by Crippen LogP contribution is 2.31. The molecule has 3 rings (SSSR count). The zero-order valence-electron chi connectivity index (χ0n) is 12.4. The van der Waals surface area contributed by atoms with E-state index in [4.69, 9.17) is 4.74 Å². The Hall–Kier alpha value is -2.29. The Bertz CT molecular complexity index is 772. The maximum atomic E-state index is 13.2. The first-order valence-electron chi connectivity index (χ1n) is 7.05. The molecule has 0 unspecified atom stereocenters. The first-order valence-corrected chi connectivity index (χ1v) is 7.05. The number of hydrogen-bond acceptors (Lipinski definition) is 1. The number of halogens is 1. The Morgan fingerprint density at radius 1 is 1.00 bits per heavy atom. The smallest absolute Gasteiger partial charge is 0.123 e. The zero-order valence-corrected chi connectivity index (χ0v) is 12.4. The summed E-state index contributed by atoms with van der Waals surface area (Å²) >= 11 is 0. The zero-order chi connectivity index (χ0) is 15.0. The third-order valence-corrected chi connectivity index (χ3v) is 3.71. The van der Waals surface area contributed by atoms with Crippen molar-refractivity contribution in [3.8, 4) is 11.4 Å². The van der Waals surface area contributed by atoms with Crippen LogP contribution in [-0.2, 0) is 0 Å². The lowest BCUT2D eigenvalue weighted by Gasteiger charge is -2.13. The van der Waals surface area contributed by atoms with Gasteiger partial charge < -0.3 is 9.30 Å². The summed E-state index contributed by atoms with van der Waals surface area (Å²) in [6.45, 7) is 4.32. The van der Waals surface area contributed by atoms with Crippen LogP contribution >= 0.6 is 0 Å². The summed E-state index contributed by atoms with van der Waals surface area (Å²) in [7, 11) is 1.67. The van der Waals surface area contributed by atoms with Gasteiger partial charge in [-0.3, -0.25) is 0 Å². The third-order valence-electron chi connectivity index (χ3n) is 3.71. The molecule has 0 saturated carbocycles. The van der Waals surface area contributed by atoms with Gasteiger partial charge in [0.05, 0.1) is 12.6 Å². The molecular weight excluding hydrogens is 265 g/mol. The lowest BCUT2D eigenvalue weighted by Crippen LogP contribution is -2.01. The average Bonchev–Trinajstić information content (AvgIpc) is 2.86. The molecule has 0 aliphatic carbocycles. The highest BCUT2D eigenvalue weighted by Gasteiger charge is 2.13. The number of fused-ring (bicyclic) bond motifs is 1. The molecule has 0 bridgehead atoms. The van der Waals surface area contributed by atoms with Gasteiger partial charge in [0, 0.05) is 16.8 Å². The summed E-state index contributed by atoms with van der Waals surface area (Å²) in [5.41, 5.74) is 3.27. The van der Waals surface area contributed by atoms with Gasteiger partial charge in [-0.25, -0.2) is 4.39 Å². The second-order valence-electron chi connectivity index (χ2n) is 5.46. The SMILES string of the molecule is COc1ccc2c(c1)cc(C(C)C)n2-c1ccc(F)cc1. The van der Waals surface area contributed by atoms with Gasteiger partial charge in [0.2, 0.25) is 0 Å². The van der Waals surface area contributed by atoms with Crippen molar-refractivity contribution in [1.29, 1.82) is 0 Å². The maximum absolute atomic E-state index is 13.2. The van der Waals surface area contributed by atoms with Crippen LogP contribution < -0.4 is 4.74 Å². The van der Waals surface area contributed by atoms with Crippen molar-refractivity contribution in [2.75, 3.05) is 7.11 Å². The van der Waals surface area contributed by atoms with Gasteiger partial charge in [0.25, 0.3) is 0 Å². The molecule has 0 atom stereocenters. The molecule has 0 spiro atoms. The van der Waals surface area contributed by atoms with Gasteiger partial charge in [0.1, 0.15) is 11.6 Å². The van der Waals surface area contributed by atoms with Crippen LogP contribution in [0, 0.1) is 5.82 Å². The molecule has 0 amide bonds. The topological polar surface area (TPSA) is 14.2 Å². The molecular formula is C18H18FNO. The molecule has 0 fully saturated rings. The number of rotatable bonds is 3. The summed E-state index contributed by atoms with van der Waals surface area (Å²) in [6, 6.07) is 14.8. The molecule has 1 aromatic heterocycles. The summed E-state index contributed by atoms with van der Waals surface area (Å²) in [5.74, 6) is 0.991. The molecule has 0 N–H and O–H groups in total. The Morgan fingerprint density at radius 3 is 2.33 bits per heavy atom. The Kier molecular flexibility index (Phi) is 3.42. The van der Waals surface area contributed by atoms with E-state index in [0.717, 1.165) is 22.3 Å². The second-order valence-corrected chi connectivity index (χ2v) is 5.46. The van der Waals surface area contributed by atoms with Crippen LogP contribution in [0.15, 0.2) is 48.5 Å². The van der Waals surface area contributed by atoms with E-state index in [1.165, 1.54) is 17.8 Å². The maximum Gasteiger partial charge on any atom is 0.123 e. The molecule has 0 aliphatic heterocycles. The van der Waals surface area contributed by atoms with Gasteiger partial charge in [-0.1, -0.05) is 13.8 Å². The van der Waals surface area contributed by atoms with E-state index >= 15 is 0 Å². The van der Waals surface area contributed by atoms with Crippen molar-refractivity contribution in [3.63, 3.8) is 0 Å². The summed E-state index contributed by atoms with van der Waals surface area (Å²) in [5, 5.41) is 1.13. The van der Waals surface area contributed by atoms with Gasteiger partial charge in [0.15, 0.2) is 0 Å². The molecule has 0 saturated heterocycles. The van der Waals surface area contributed by atoms with Crippen molar-refractivity contribution in [1.82, 2.24) is 4.57 Å². The number of benzene rings is 2. The van der Waals surface area contributed by atoms with E-state index in [0.29, 0.717) is 5.92 Å².